The van der Waals surface area contributed by atoms with Gasteiger partial charge in [-0.25, -0.2) is 9.97 Å². The number of hydrogen-bond acceptors (Lipinski definition) is 4. The van der Waals surface area contributed by atoms with E-state index in [-0.39, 0.29) is 0 Å². The van der Waals surface area contributed by atoms with Crippen LogP contribution in [0.5, 0.6) is 0 Å². The molecule has 10 aromatic rings. The van der Waals surface area contributed by atoms with Crippen LogP contribution in [0.25, 0.3) is 106 Å². The van der Waals surface area contributed by atoms with E-state index in [4.69, 9.17) is 18.8 Å². The predicted octanol–water partition coefficient (Wildman–Crippen LogP) is 13.6. The van der Waals surface area contributed by atoms with Crippen LogP contribution in [0.3, 0.4) is 0 Å². The highest BCUT2D eigenvalue weighted by Gasteiger charge is 2.22. The highest BCUT2D eigenvalue weighted by molar-refractivity contribution is 6.09. The first-order valence-corrected chi connectivity index (χ1v) is 18.2. The number of rotatable bonds is 4. The van der Waals surface area contributed by atoms with Crippen molar-refractivity contribution >= 4 is 60.8 Å². The first kappa shape index (κ1) is 29.9. The Bertz CT molecular complexity index is 3090. The van der Waals surface area contributed by atoms with Gasteiger partial charge in [0.15, 0.2) is 0 Å². The quantitative estimate of drug-likeness (QED) is 0.174. The molecule has 6 aromatic carbocycles. The van der Waals surface area contributed by atoms with Crippen LogP contribution >= 0.6 is 0 Å². The fourth-order valence-corrected chi connectivity index (χ4v) is 8.22. The number of aromatic nitrogens is 2. The summed E-state index contributed by atoms with van der Waals surface area (Å²) in [5.41, 5.74) is 14.2. The van der Waals surface area contributed by atoms with Gasteiger partial charge < -0.3 is 8.83 Å². The molecular formula is C49H32N2O2. The maximum absolute atomic E-state index is 6.43. The molecule has 1 atom stereocenters. The second-order valence-electron chi connectivity index (χ2n) is 14.1. The summed E-state index contributed by atoms with van der Waals surface area (Å²) < 4.78 is 12.8. The molecule has 4 heterocycles. The molecule has 1 unspecified atom stereocenters. The second kappa shape index (κ2) is 11.6. The first-order valence-electron chi connectivity index (χ1n) is 18.2. The van der Waals surface area contributed by atoms with Gasteiger partial charge in [-0.15, -0.1) is 0 Å². The van der Waals surface area contributed by atoms with Crippen molar-refractivity contribution in [2.24, 2.45) is 0 Å². The molecule has 0 saturated heterocycles. The van der Waals surface area contributed by atoms with Crippen molar-refractivity contribution in [3.63, 3.8) is 0 Å². The molecule has 250 valence electrons. The minimum atomic E-state index is 0.449. The van der Waals surface area contributed by atoms with E-state index < -0.39 is 0 Å². The number of pyridine rings is 2. The molecule has 4 heteroatoms. The third kappa shape index (κ3) is 4.76. The van der Waals surface area contributed by atoms with E-state index in [0.717, 1.165) is 106 Å². The van der Waals surface area contributed by atoms with Crippen LogP contribution in [0.2, 0.25) is 0 Å². The lowest BCUT2D eigenvalue weighted by Crippen LogP contribution is -1.96. The normalized spacial score (nSPS) is 14.2. The van der Waals surface area contributed by atoms with Crippen molar-refractivity contribution in [3.05, 3.63) is 163 Å². The minimum absolute atomic E-state index is 0.449. The maximum atomic E-state index is 6.43. The Balaban J connectivity index is 0.938. The molecule has 0 radical (unpaired) electrons. The SMILES string of the molecule is CC1CC=Cc2oc3c(-c4ccc(-c5ccc6ccc7ccc(-c8ccc(-c9cccc%10c9oc9ccccc9%10)cc8)nc7c6n5)cc4)cccc3c21. The van der Waals surface area contributed by atoms with E-state index in [1.165, 1.54) is 10.9 Å². The minimum Gasteiger partial charge on any atom is -0.456 e. The summed E-state index contributed by atoms with van der Waals surface area (Å²) in [5.74, 6) is 1.44. The summed E-state index contributed by atoms with van der Waals surface area (Å²) in [5, 5.41) is 5.60. The summed E-state index contributed by atoms with van der Waals surface area (Å²) in [4.78, 5) is 10.4. The largest absolute Gasteiger partial charge is 0.456 e. The van der Waals surface area contributed by atoms with Crippen LogP contribution in [-0.4, -0.2) is 9.97 Å². The highest BCUT2D eigenvalue weighted by Crippen LogP contribution is 2.42. The maximum Gasteiger partial charge on any atom is 0.143 e. The van der Waals surface area contributed by atoms with Crippen LogP contribution in [0.15, 0.2) is 161 Å². The fraction of sp³-hybridized carbons (Fsp3) is 0.0612. The zero-order valence-corrected chi connectivity index (χ0v) is 29.0. The van der Waals surface area contributed by atoms with E-state index >= 15 is 0 Å². The number of benzene rings is 6. The van der Waals surface area contributed by atoms with Crippen LogP contribution in [-0.2, 0) is 0 Å². The molecule has 0 spiro atoms. The summed E-state index contributed by atoms with van der Waals surface area (Å²) >= 11 is 0. The Morgan fingerprint density at radius 1 is 0.491 bits per heavy atom. The summed E-state index contributed by atoms with van der Waals surface area (Å²) in [7, 11) is 0. The van der Waals surface area contributed by atoms with Crippen LogP contribution in [0, 0.1) is 0 Å². The van der Waals surface area contributed by atoms with Crippen molar-refractivity contribution < 1.29 is 8.83 Å². The van der Waals surface area contributed by atoms with E-state index in [9.17, 15) is 0 Å². The molecule has 0 saturated carbocycles. The molecule has 1 aliphatic carbocycles. The zero-order valence-electron chi connectivity index (χ0n) is 29.0. The average Bonchev–Trinajstić information content (AvgIpc) is 3.80. The Labute approximate surface area is 305 Å². The van der Waals surface area contributed by atoms with Gasteiger partial charge in [0.2, 0.25) is 0 Å². The summed E-state index contributed by atoms with van der Waals surface area (Å²) in [6.07, 6.45) is 5.38. The summed E-state index contributed by atoms with van der Waals surface area (Å²) in [6.45, 7) is 2.28. The third-order valence-corrected chi connectivity index (χ3v) is 10.9. The van der Waals surface area contributed by atoms with Gasteiger partial charge >= 0.3 is 0 Å². The standard InChI is InChI=1S/C49H32N2O2/c1-29-7-4-14-44-45(29)40-12-6-10-37(49(40)53-44)31-17-21-33(22-18-31)42-28-26-35-24-23-34-25-27-41(50-46(34)47(35)51-42)32-19-15-30(16-20-32)36-9-5-11-39-38-8-2-3-13-43(38)52-48(36)39/h2-6,8-29H,7H2,1H3. The predicted molar refractivity (Wildman–Crippen MR) is 218 cm³/mol. The number of furan rings is 2. The summed E-state index contributed by atoms with van der Waals surface area (Å²) in [6, 6.07) is 51.1. The van der Waals surface area contributed by atoms with Gasteiger partial charge in [-0.1, -0.05) is 140 Å². The zero-order chi connectivity index (χ0) is 35.0. The Morgan fingerprint density at radius 2 is 1.02 bits per heavy atom. The van der Waals surface area contributed by atoms with Gasteiger partial charge in [0.25, 0.3) is 0 Å². The molecule has 0 amide bonds. The molecule has 0 bridgehead atoms. The van der Waals surface area contributed by atoms with Gasteiger partial charge in [-0.3, -0.25) is 0 Å². The molecule has 1 aliphatic rings. The van der Waals surface area contributed by atoms with Gasteiger partial charge in [-0.2, -0.15) is 0 Å². The number of nitrogens with zero attached hydrogens (tertiary/aromatic N) is 2. The Hall–Kier alpha value is -6.78. The van der Waals surface area contributed by atoms with Crippen molar-refractivity contribution in [1.29, 1.82) is 0 Å². The number of para-hydroxylation sites is 3. The number of fused-ring (bicyclic) bond motifs is 9. The van der Waals surface area contributed by atoms with Crippen molar-refractivity contribution in [2.75, 3.05) is 0 Å². The van der Waals surface area contributed by atoms with E-state index in [0.29, 0.717) is 5.92 Å². The second-order valence-corrected chi connectivity index (χ2v) is 14.1. The van der Waals surface area contributed by atoms with Crippen molar-refractivity contribution in [3.8, 4) is 44.8 Å². The van der Waals surface area contributed by atoms with Gasteiger partial charge in [-0.05, 0) is 47.7 Å². The molecular weight excluding hydrogens is 649 g/mol. The Kier molecular flexibility index (Phi) is 6.56. The number of hydrogen-bond donors (Lipinski definition) is 0. The van der Waals surface area contributed by atoms with Crippen LogP contribution in [0.1, 0.15) is 30.6 Å². The molecule has 4 aromatic heterocycles. The van der Waals surface area contributed by atoms with E-state index in [1.54, 1.807) is 0 Å². The molecule has 53 heavy (non-hydrogen) atoms. The lowest BCUT2D eigenvalue weighted by molar-refractivity contribution is 0.587. The van der Waals surface area contributed by atoms with Crippen LogP contribution < -0.4 is 0 Å². The van der Waals surface area contributed by atoms with Gasteiger partial charge in [0, 0.05) is 54.7 Å². The molecule has 0 N–H and O–H groups in total. The van der Waals surface area contributed by atoms with E-state index in [1.807, 2.05) is 12.1 Å². The molecule has 0 fully saturated rings. The Morgan fingerprint density at radius 3 is 1.66 bits per heavy atom. The lowest BCUT2D eigenvalue weighted by atomic mass is 9.90. The first-order chi connectivity index (χ1) is 26.2. The molecule has 4 nitrogen and oxygen atoms in total. The smallest absolute Gasteiger partial charge is 0.143 e. The van der Waals surface area contributed by atoms with Gasteiger partial charge in [0.05, 0.1) is 22.4 Å². The monoisotopic (exact) mass is 680 g/mol. The van der Waals surface area contributed by atoms with Crippen molar-refractivity contribution in [2.45, 2.75) is 19.3 Å². The number of allylic oxidation sites excluding steroid dienone is 1. The molecule has 0 aliphatic heterocycles. The van der Waals surface area contributed by atoms with Crippen molar-refractivity contribution in [1.82, 2.24) is 9.97 Å². The van der Waals surface area contributed by atoms with Gasteiger partial charge in [0.1, 0.15) is 22.5 Å². The average molecular weight is 681 g/mol. The lowest BCUT2D eigenvalue weighted by Gasteiger charge is -2.12. The highest BCUT2D eigenvalue weighted by atomic mass is 16.3. The third-order valence-electron chi connectivity index (χ3n) is 10.9. The van der Waals surface area contributed by atoms with Crippen LogP contribution in [0.4, 0.5) is 0 Å². The topological polar surface area (TPSA) is 52.1 Å². The molecule has 11 rings (SSSR count). The fourth-order valence-electron chi connectivity index (χ4n) is 8.22. The van der Waals surface area contributed by atoms with E-state index in [2.05, 4.69) is 153 Å².